The van der Waals surface area contributed by atoms with Crippen molar-refractivity contribution in [2.45, 2.75) is 6.92 Å². The highest BCUT2D eigenvalue weighted by Gasteiger charge is 2.12. The van der Waals surface area contributed by atoms with Gasteiger partial charge < -0.3 is 20.6 Å². The Hall–Kier alpha value is -2.62. The quantitative estimate of drug-likeness (QED) is 0.612. The number of ether oxygens (including phenoxy) is 1. The molecular formula is C15H14N2O2. The second-order valence-electron chi connectivity index (χ2n) is 4.45. The molecule has 4 N–H and O–H groups in total. The molecule has 0 saturated carbocycles. The van der Waals surface area contributed by atoms with E-state index in [1.165, 1.54) is 0 Å². The first kappa shape index (κ1) is 11.5. The Kier molecular flexibility index (Phi) is 2.56. The Morgan fingerprint density at radius 1 is 1.16 bits per heavy atom. The van der Waals surface area contributed by atoms with Gasteiger partial charge in [0.1, 0.15) is 11.5 Å². The lowest BCUT2D eigenvalue weighted by Crippen LogP contribution is -1.91. The van der Waals surface area contributed by atoms with Gasteiger partial charge in [-0.3, -0.25) is 0 Å². The lowest BCUT2D eigenvalue weighted by atomic mass is 10.2. The zero-order valence-electron chi connectivity index (χ0n) is 10.5. The maximum absolute atomic E-state index is 9.59. The van der Waals surface area contributed by atoms with Crippen LogP contribution in [0.4, 0.5) is 5.69 Å². The van der Waals surface area contributed by atoms with E-state index in [4.69, 9.17) is 10.5 Å². The zero-order valence-corrected chi connectivity index (χ0v) is 10.5. The van der Waals surface area contributed by atoms with E-state index >= 15 is 0 Å². The number of hydrogen-bond acceptors (Lipinski definition) is 3. The summed E-state index contributed by atoms with van der Waals surface area (Å²) in [5.41, 5.74) is 8.27. The molecule has 1 heterocycles. The summed E-state index contributed by atoms with van der Waals surface area (Å²) in [5, 5.41) is 10.4. The number of aryl methyl sites for hydroxylation is 1. The fourth-order valence-corrected chi connectivity index (χ4v) is 2.10. The zero-order chi connectivity index (χ0) is 13.4. The maximum atomic E-state index is 9.59. The van der Waals surface area contributed by atoms with E-state index in [-0.39, 0.29) is 5.75 Å². The number of hydrogen-bond donors (Lipinski definition) is 3. The first-order valence-electron chi connectivity index (χ1n) is 5.99. The van der Waals surface area contributed by atoms with Crippen molar-refractivity contribution >= 4 is 16.6 Å². The van der Waals surface area contributed by atoms with E-state index in [2.05, 4.69) is 4.98 Å². The predicted molar refractivity (Wildman–Crippen MR) is 75.6 cm³/mol. The summed E-state index contributed by atoms with van der Waals surface area (Å²) in [5.74, 6) is 1.50. The Labute approximate surface area is 110 Å². The Bertz CT molecular complexity index is 747. The van der Waals surface area contributed by atoms with Gasteiger partial charge in [-0.1, -0.05) is 12.1 Å². The maximum Gasteiger partial charge on any atom is 0.155 e. The van der Waals surface area contributed by atoms with Gasteiger partial charge in [-0.15, -0.1) is 0 Å². The first-order chi connectivity index (χ1) is 9.15. The molecule has 0 aliphatic rings. The molecule has 4 nitrogen and oxygen atoms in total. The van der Waals surface area contributed by atoms with Crippen molar-refractivity contribution in [1.29, 1.82) is 0 Å². The molecule has 3 aromatic rings. The molecule has 0 bridgehead atoms. The van der Waals surface area contributed by atoms with Crippen LogP contribution in [-0.4, -0.2) is 10.1 Å². The Balaban J connectivity index is 2.12. The van der Waals surface area contributed by atoms with Crippen molar-refractivity contribution in [3.05, 3.63) is 48.2 Å². The van der Waals surface area contributed by atoms with Gasteiger partial charge in [-0.25, -0.2) is 0 Å². The van der Waals surface area contributed by atoms with Crippen molar-refractivity contribution in [2.24, 2.45) is 0 Å². The number of rotatable bonds is 2. The summed E-state index contributed by atoms with van der Waals surface area (Å²) in [7, 11) is 0. The number of anilines is 1. The second kappa shape index (κ2) is 4.24. The Morgan fingerprint density at radius 3 is 2.74 bits per heavy atom. The number of aromatic nitrogens is 1. The number of H-pyrrole nitrogens is 1. The molecule has 0 atom stereocenters. The average molecular weight is 254 g/mol. The van der Waals surface area contributed by atoms with Crippen LogP contribution in [0, 0.1) is 6.92 Å². The molecule has 0 fully saturated rings. The average Bonchev–Trinajstić information content (AvgIpc) is 2.69. The van der Waals surface area contributed by atoms with Crippen LogP contribution >= 0.6 is 0 Å². The van der Waals surface area contributed by atoms with Crippen LogP contribution < -0.4 is 10.5 Å². The SMILES string of the molecule is Cc1[nH]c2ccc(O)cc2c1Oc1ccccc1N. The normalized spacial score (nSPS) is 10.8. The summed E-state index contributed by atoms with van der Waals surface area (Å²) in [6.07, 6.45) is 0. The number of fused-ring (bicyclic) bond motifs is 1. The minimum atomic E-state index is 0.206. The van der Waals surface area contributed by atoms with Crippen molar-refractivity contribution in [2.75, 3.05) is 5.73 Å². The van der Waals surface area contributed by atoms with Gasteiger partial charge in [-0.05, 0) is 37.3 Å². The molecule has 0 amide bonds. The van der Waals surface area contributed by atoms with Gasteiger partial charge in [-0.2, -0.15) is 0 Å². The lowest BCUT2D eigenvalue weighted by Gasteiger charge is -2.08. The molecule has 0 aliphatic heterocycles. The summed E-state index contributed by atoms with van der Waals surface area (Å²) in [4.78, 5) is 3.22. The Morgan fingerprint density at radius 2 is 1.95 bits per heavy atom. The molecule has 0 spiro atoms. The molecule has 4 heteroatoms. The third-order valence-corrected chi connectivity index (χ3v) is 3.04. The third kappa shape index (κ3) is 1.97. The van der Waals surface area contributed by atoms with Crippen LogP contribution in [-0.2, 0) is 0 Å². The van der Waals surface area contributed by atoms with Crippen molar-refractivity contribution in [3.8, 4) is 17.2 Å². The number of phenolic OH excluding ortho intramolecular Hbond substituents is 1. The lowest BCUT2D eigenvalue weighted by molar-refractivity contribution is 0.474. The predicted octanol–water partition coefficient (Wildman–Crippen LogP) is 3.56. The van der Waals surface area contributed by atoms with E-state index < -0.39 is 0 Å². The molecule has 1 aromatic heterocycles. The highest BCUT2D eigenvalue weighted by Crippen LogP contribution is 2.36. The van der Waals surface area contributed by atoms with E-state index in [0.29, 0.717) is 17.2 Å². The van der Waals surface area contributed by atoms with Gasteiger partial charge in [0.25, 0.3) is 0 Å². The second-order valence-corrected chi connectivity index (χ2v) is 4.45. The molecule has 19 heavy (non-hydrogen) atoms. The van der Waals surface area contributed by atoms with Crippen molar-refractivity contribution in [3.63, 3.8) is 0 Å². The van der Waals surface area contributed by atoms with Crippen molar-refractivity contribution < 1.29 is 9.84 Å². The molecule has 0 saturated heterocycles. The molecule has 0 radical (unpaired) electrons. The van der Waals surface area contributed by atoms with Crippen LogP contribution in [0.15, 0.2) is 42.5 Å². The molecule has 96 valence electrons. The van der Waals surface area contributed by atoms with E-state index in [1.54, 1.807) is 18.2 Å². The number of aromatic amines is 1. The smallest absolute Gasteiger partial charge is 0.155 e. The van der Waals surface area contributed by atoms with Gasteiger partial charge in [0, 0.05) is 10.9 Å². The number of benzene rings is 2. The van der Waals surface area contributed by atoms with Gasteiger partial charge in [0.05, 0.1) is 11.4 Å². The molecule has 3 rings (SSSR count). The number of phenols is 1. The highest BCUT2D eigenvalue weighted by atomic mass is 16.5. The fraction of sp³-hybridized carbons (Fsp3) is 0.0667. The van der Waals surface area contributed by atoms with E-state index in [0.717, 1.165) is 16.6 Å². The van der Waals surface area contributed by atoms with Gasteiger partial charge in [0.15, 0.2) is 5.75 Å². The van der Waals surface area contributed by atoms with E-state index in [1.807, 2.05) is 31.2 Å². The van der Waals surface area contributed by atoms with Crippen LogP contribution in [0.3, 0.4) is 0 Å². The fourth-order valence-electron chi connectivity index (χ4n) is 2.10. The molecule has 2 aromatic carbocycles. The van der Waals surface area contributed by atoms with Gasteiger partial charge >= 0.3 is 0 Å². The number of para-hydroxylation sites is 2. The molecule has 0 unspecified atom stereocenters. The van der Waals surface area contributed by atoms with Crippen LogP contribution in [0.2, 0.25) is 0 Å². The minimum Gasteiger partial charge on any atom is -0.508 e. The van der Waals surface area contributed by atoms with Crippen LogP contribution in [0.5, 0.6) is 17.2 Å². The summed E-state index contributed by atoms with van der Waals surface area (Å²) >= 11 is 0. The van der Waals surface area contributed by atoms with E-state index in [9.17, 15) is 5.11 Å². The van der Waals surface area contributed by atoms with Crippen LogP contribution in [0.25, 0.3) is 10.9 Å². The van der Waals surface area contributed by atoms with Gasteiger partial charge in [0.2, 0.25) is 0 Å². The number of nitrogens with two attached hydrogens (primary N) is 1. The first-order valence-corrected chi connectivity index (χ1v) is 5.99. The van der Waals surface area contributed by atoms with Crippen molar-refractivity contribution in [1.82, 2.24) is 4.98 Å². The third-order valence-electron chi connectivity index (χ3n) is 3.04. The minimum absolute atomic E-state index is 0.206. The molecule has 0 aliphatic carbocycles. The molecular weight excluding hydrogens is 240 g/mol. The van der Waals surface area contributed by atoms with Crippen LogP contribution in [0.1, 0.15) is 5.69 Å². The summed E-state index contributed by atoms with van der Waals surface area (Å²) in [6, 6.07) is 12.5. The standard InChI is InChI=1S/C15H14N2O2/c1-9-15(19-14-5-3-2-4-12(14)16)11-8-10(18)6-7-13(11)17-9/h2-8,17-18H,16H2,1H3. The number of nitrogens with one attached hydrogen (secondary N) is 1. The monoisotopic (exact) mass is 254 g/mol. The highest BCUT2D eigenvalue weighted by molar-refractivity contribution is 5.89. The number of nitrogen functional groups attached to an aromatic ring is 1. The summed E-state index contributed by atoms with van der Waals surface area (Å²) in [6.45, 7) is 1.92. The summed E-state index contributed by atoms with van der Waals surface area (Å²) < 4.78 is 5.88. The number of aromatic hydroxyl groups is 1. The largest absolute Gasteiger partial charge is 0.508 e. The topological polar surface area (TPSA) is 71.3 Å².